The van der Waals surface area contributed by atoms with Gasteiger partial charge >= 0.3 is 0 Å². The molecule has 0 aliphatic carbocycles. The van der Waals surface area contributed by atoms with E-state index in [1.807, 2.05) is 0 Å². The number of anilines is 1. The predicted molar refractivity (Wildman–Crippen MR) is 56.9 cm³/mol. The number of H-pyrrole nitrogens is 1. The zero-order valence-corrected chi connectivity index (χ0v) is 7.83. The van der Waals surface area contributed by atoms with E-state index in [2.05, 4.69) is 4.98 Å². The number of aromatic nitrogens is 1. The fraction of sp³-hybridized carbons (Fsp3) is 0. The summed E-state index contributed by atoms with van der Waals surface area (Å²) in [5.41, 5.74) is 6.13. The standard InChI is InChI=1S/C11H9FN2O/c12-9-4-2-1-3-8(9)7-5-10(13)11(15)14-6-7/h1-6H,13H2,(H,14,15). The number of hydrogen-bond acceptors (Lipinski definition) is 2. The molecule has 1 aromatic carbocycles. The number of nitrogens with two attached hydrogens (primary N) is 1. The molecule has 0 unspecified atom stereocenters. The SMILES string of the molecule is Nc1cc(-c2ccccc2F)c[nH]c1=O. The molecule has 0 amide bonds. The van der Waals surface area contributed by atoms with E-state index in [4.69, 9.17) is 5.73 Å². The van der Waals surface area contributed by atoms with Gasteiger partial charge in [0.2, 0.25) is 0 Å². The first kappa shape index (κ1) is 9.45. The van der Waals surface area contributed by atoms with Crippen molar-refractivity contribution in [1.82, 2.24) is 4.98 Å². The minimum absolute atomic E-state index is 0.0794. The quantitative estimate of drug-likeness (QED) is 0.743. The lowest BCUT2D eigenvalue weighted by Crippen LogP contribution is -2.10. The van der Waals surface area contributed by atoms with Crippen molar-refractivity contribution in [3.63, 3.8) is 0 Å². The van der Waals surface area contributed by atoms with E-state index in [1.165, 1.54) is 18.3 Å². The maximum atomic E-state index is 13.4. The maximum Gasteiger partial charge on any atom is 0.271 e. The normalized spacial score (nSPS) is 10.2. The maximum absolute atomic E-state index is 13.4. The Kier molecular flexibility index (Phi) is 2.25. The number of hydrogen-bond donors (Lipinski definition) is 2. The van der Waals surface area contributed by atoms with Crippen molar-refractivity contribution in [3.05, 3.63) is 52.7 Å². The highest BCUT2D eigenvalue weighted by Gasteiger charge is 2.05. The molecule has 0 fully saturated rings. The highest BCUT2D eigenvalue weighted by molar-refractivity contribution is 5.66. The van der Waals surface area contributed by atoms with Crippen LogP contribution in [0.3, 0.4) is 0 Å². The van der Waals surface area contributed by atoms with Gasteiger partial charge in [-0.2, -0.15) is 0 Å². The average Bonchev–Trinajstić information content (AvgIpc) is 2.23. The van der Waals surface area contributed by atoms with E-state index in [-0.39, 0.29) is 17.1 Å². The van der Waals surface area contributed by atoms with Crippen LogP contribution in [-0.4, -0.2) is 4.98 Å². The third kappa shape index (κ3) is 1.74. The van der Waals surface area contributed by atoms with Crippen LogP contribution in [0, 0.1) is 5.82 Å². The Bertz CT molecular complexity index is 548. The molecule has 3 nitrogen and oxygen atoms in total. The van der Waals surface area contributed by atoms with E-state index in [1.54, 1.807) is 18.2 Å². The topological polar surface area (TPSA) is 58.9 Å². The van der Waals surface area contributed by atoms with Crippen LogP contribution in [0.15, 0.2) is 41.3 Å². The van der Waals surface area contributed by atoms with Gasteiger partial charge in [0, 0.05) is 17.3 Å². The van der Waals surface area contributed by atoms with E-state index in [9.17, 15) is 9.18 Å². The number of nitrogens with one attached hydrogen (secondary N) is 1. The van der Waals surface area contributed by atoms with Gasteiger partial charge < -0.3 is 10.7 Å². The fourth-order valence-corrected chi connectivity index (χ4v) is 1.35. The summed E-state index contributed by atoms with van der Waals surface area (Å²) < 4.78 is 13.4. The second-order valence-electron chi connectivity index (χ2n) is 3.15. The summed E-state index contributed by atoms with van der Waals surface area (Å²) in [6.07, 6.45) is 1.44. The second-order valence-corrected chi connectivity index (χ2v) is 3.15. The van der Waals surface area contributed by atoms with Crippen molar-refractivity contribution in [1.29, 1.82) is 0 Å². The Morgan fingerprint density at radius 3 is 2.67 bits per heavy atom. The molecule has 2 aromatic rings. The Hall–Kier alpha value is -2.10. The molecule has 15 heavy (non-hydrogen) atoms. The summed E-state index contributed by atoms with van der Waals surface area (Å²) in [7, 11) is 0. The predicted octanol–water partition coefficient (Wildman–Crippen LogP) is 1.76. The van der Waals surface area contributed by atoms with Gasteiger partial charge in [0.15, 0.2) is 0 Å². The molecule has 1 aromatic heterocycles. The summed E-state index contributed by atoms with van der Waals surface area (Å²) >= 11 is 0. The van der Waals surface area contributed by atoms with Crippen LogP contribution in [0.5, 0.6) is 0 Å². The number of nitrogen functional groups attached to an aromatic ring is 1. The average molecular weight is 204 g/mol. The fourth-order valence-electron chi connectivity index (χ4n) is 1.35. The minimum atomic E-state index is -0.366. The van der Waals surface area contributed by atoms with Crippen LogP contribution in [-0.2, 0) is 0 Å². The number of halogens is 1. The molecule has 0 aliphatic rings. The van der Waals surface area contributed by atoms with Gasteiger partial charge in [-0.25, -0.2) is 4.39 Å². The molecule has 3 N–H and O–H groups in total. The summed E-state index contributed by atoms with van der Waals surface area (Å²) in [6, 6.07) is 7.77. The lowest BCUT2D eigenvalue weighted by Gasteiger charge is -2.03. The van der Waals surface area contributed by atoms with E-state index >= 15 is 0 Å². The van der Waals surface area contributed by atoms with E-state index < -0.39 is 0 Å². The van der Waals surface area contributed by atoms with Crippen LogP contribution < -0.4 is 11.3 Å². The largest absolute Gasteiger partial charge is 0.394 e. The van der Waals surface area contributed by atoms with Crippen LogP contribution in [0.1, 0.15) is 0 Å². The smallest absolute Gasteiger partial charge is 0.271 e. The van der Waals surface area contributed by atoms with Gasteiger partial charge in [0.1, 0.15) is 5.82 Å². The zero-order valence-electron chi connectivity index (χ0n) is 7.83. The summed E-state index contributed by atoms with van der Waals surface area (Å²) in [5.74, 6) is -0.344. The number of aromatic amines is 1. The monoisotopic (exact) mass is 204 g/mol. The highest BCUT2D eigenvalue weighted by Crippen LogP contribution is 2.21. The molecule has 0 saturated carbocycles. The molecule has 1 heterocycles. The second kappa shape index (κ2) is 3.57. The zero-order chi connectivity index (χ0) is 10.8. The van der Waals surface area contributed by atoms with Gasteiger partial charge in [0.05, 0.1) is 5.69 Å². The van der Waals surface area contributed by atoms with Crippen LogP contribution >= 0.6 is 0 Å². The summed E-state index contributed by atoms with van der Waals surface area (Å²) in [4.78, 5) is 13.5. The van der Waals surface area contributed by atoms with Crippen LogP contribution in [0.4, 0.5) is 10.1 Å². The van der Waals surface area contributed by atoms with Gasteiger partial charge in [0.25, 0.3) is 5.56 Å². The lowest BCUT2D eigenvalue weighted by molar-refractivity contribution is 0.631. The molecule has 0 atom stereocenters. The molecule has 76 valence electrons. The lowest BCUT2D eigenvalue weighted by atomic mass is 10.1. The first-order valence-corrected chi connectivity index (χ1v) is 4.41. The molecular weight excluding hydrogens is 195 g/mol. The van der Waals surface area contributed by atoms with E-state index in [0.29, 0.717) is 11.1 Å². The van der Waals surface area contributed by atoms with Crippen molar-refractivity contribution in [2.24, 2.45) is 0 Å². The van der Waals surface area contributed by atoms with Gasteiger partial charge in [-0.05, 0) is 12.1 Å². The Labute approximate surface area is 85.4 Å². The molecule has 0 radical (unpaired) electrons. The van der Waals surface area contributed by atoms with Crippen molar-refractivity contribution >= 4 is 5.69 Å². The molecule has 0 spiro atoms. The number of pyridine rings is 1. The number of rotatable bonds is 1. The minimum Gasteiger partial charge on any atom is -0.394 e. The summed E-state index contributed by atoms with van der Waals surface area (Å²) in [5, 5.41) is 0. The first-order chi connectivity index (χ1) is 7.18. The molecular formula is C11H9FN2O. The summed E-state index contributed by atoms with van der Waals surface area (Å²) in [6.45, 7) is 0. The molecule has 0 bridgehead atoms. The highest BCUT2D eigenvalue weighted by atomic mass is 19.1. The van der Waals surface area contributed by atoms with Crippen LogP contribution in [0.2, 0.25) is 0 Å². The third-order valence-corrected chi connectivity index (χ3v) is 2.12. The first-order valence-electron chi connectivity index (χ1n) is 4.41. The molecule has 0 aliphatic heterocycles. The van der Waals surface area contributed by atoms with Gasteiger partial charge in [-0.3, -0.25) is 4.79 Å². The van der Waals surface area contributed by atoms with Crippen LogP contribution in [0.25, 0.3) is 11.1 Å². The van der Waals surface area contributed by atoms with Crippen molar-refractivity contribution in [3.8, 4) is 11.1 Å². The van der Waals surface area contributed by atoms with E-state index in [0.717, 1.165) is 0 Å². The third-order valence-electron chi connectivity index (χ3n) is 2.12. The Morgan fingerprint density at radius 2 is 2.00 bits per heavy atom. The molecule has 4 heteroatoms. The Morgan fingerprint density at radius 1 is 1.27 bits per heavy atom. The van der Waals surface area contributed by atoms with Crippen molar-refractivity contribution in [2.75, 3.05) is 5.73 Å². The Balaban J connectivity index is 2.60. The van der Waals surface area contributed by atoms with Gasteiger partial charge in [-0.15, -0.1) is 0 Å². The molecule has 0 saturated heterocycles. The number of benzene rings is 1. The molecule has 2 rings (SSSR count). The van der Waals surface area contributed by atoms with Crippen molar-refractivity contribution < 1.29 is 4.39 Å². The van der Waals surface area contributed by atoms with Crippen molar-refractivity contribution in [2.45, 2.75) is 0 Å². The van der Waals surface area contributed by atoms with Gasteiger partial charge in [-0.1, -0.05) is 18.2 Å².